The molecule has 0 saturated carbocycles. The van der Waals surface area contributed by atoms with Crippen molar-refractivity contribution in [1.29, 1.82) is 0 Å². The van der Waals surface area contributed by atoms with Crippen molar-refractivity contribution in [1.82, 2.24) is 9.55 Å². The first-order valence-electron chi connectivity index (χ1n) is 6.24. The molecule has 0 aliphatic carbocycles. The molecule has 4 nitrogen and oxygen atoms in total. The molecule has 0 radical (unpaired) electrons. The number of nitrogens with two attached hydrogens (primary N) is 1. The van der Waals surface area contributed by atoms with E-state index in [-0.39, 0.29) is 6.04 Å². The quantitative estimate of drug-likeness (QED) is 0.784. The van der Waals surface area contributed by atoms with Crippen LogP contribution in [0.15, 0.2) is 47.9 Å². The maximum atomic E-state index is 10.1. The van der Waals surface area contributed by atoms with Crippen LogP contribution in [0.5, 0.6) is 0 Å². The molecule has 19 heavy (non-hydrogen) atoms. The molecule has 0 fully saturated rings. The van der Waals surface area contributed by atoms with Gasteiger partial charge in [-0.05, 0) is 12.0 Å². The van der Waals surface area contributed by atoms with Gasteiger partial charge in [0.05, 0.1) is 6.10 Å². The van der Waals surface area contributed by atoms with Gasteiger partial charge in [0.1, 0.15) is 0 Å². The van der Waals surface area contributed by atoms with Crippen LogP contribution in [0.4, 0.5) is 0 Å². The average Bonchev–Trinajstić information content (AvgIpc) is 2.82. The molecule has 0 spiro atoms. The second kappa shape index (κ2) is 6.75. The fourth-order valence-corrected chi connectivity index (χ4v) is 2.76. The topological polar surface area (TPSA) is 64.1 Å². The number of aryl methyl sites for hydroxylation is 1. The van der Waals surface area contributed by atoms with E-state index in [9.17, 15) is 5.11 Å². The zero-order valence-corrected chi connectivity index (χ0v) is 11.8. The van der Waals surface area contributed by atoms with E-state index in [2.05, 4.69) is 4.98 Å². The van der Waals surface area contributed by atoms with E-state index < -0.39 is 6.10 Å². The number of hydrogen-bond donors (Lipinski definition) is 2. The molecule has 3 N–H and O–H groups in total. The van der Waals surface area contributed by atoms with E-state index in [0.717, 1.165) is 10.7 Å². The van der Waals surface area contributed by atoms with Crippen molar-refractivity contribution in [3.05, 3.63) is 48.3 Å². The van der Waals surface area contributed by atoms with Gasteiger partial charge in [0.25, 0.3) is 0 Å². The Morgan fingerprint density at radius 1 is 1.37 bits per heavy atom. The summed E-state index contributed by atoms with van der Waals surface area (Å²) in [6.07, 6.45) is 3.78. The summed E-state index contributed by atoms with van der Waals surface area (Å²) in [4.78, 5) is 4.21. The number of benzene rings is 1. The minimum absolute atomic E-state index is 0.254. The van der Waals surface area contributed by atoms with Gasteiger partial charge in [0.2, 0.25) is 0 Å². The Labute approximate surface area is 117 Å². The van der Waals surface area contributed by atoms with Crippen molar-refractivity contribution in [3.8, 4) is 0 Å². The van der Waals surface area contributed by atoms with Crippen LogP contribution in [0.3, 0.4) is 0 Å². The van der Waals surface area contributed by atoms with Crippen molar-refractivity contribution < 1.29 is 5.11 Å². The lowest BCUT2D eigenvalue weighted by atomic mass is 10.0. The molecular weight excluding hydrogens is 258 g/mol. The fourth-order valence-electron chi connectivity index (χ4n) is 1.80. The number of imidazole rings is 1. The fraction of sp³-hybridized carbons (Fsp3) is 0.357. The molecule has 2 unspecified atom stereocenters. The summed E-state index contributed by atoms with van der Waals surface area (Å²) in [5.74, 6) is 0.554. The van der Waals surface area contributed by atoms with Crippen LogP contribution < -0.4 is 5.73 Å². The smallest absolute Gasteiger partial charge is 0.167 e. The van der Waals surface area contributed by atoms with Gasteiger partial charge in [0, 0.05) is 31.2 Å². The van der Waals surface area contributed by atoms with Crippen molar-refractivity contribution in [2.24, 2.45) is 12.8 Å². The number of aliphatic hydroxyl groups is 1. The first-order chi connectivity index (χ1) is 9.16. The zero-order valence-electron chi connectivity index (χ0n) is 10.9. The monoisotopic (exact) mass is 277 g/mol. The van der Waals surface area contributed by atoms with Crippen LogP contribution in [0.1, 0.15) is 5.56 Å². The van der Waals surface area contributed by atoms with Crippen molar-refractivity contribution >= 4 is 11.8 Å². The summed E-state index contributed by atoms with van der Waals surface area (Å²) < 4.78 is 1.93. The van der Waals surface area contributed by atoms with Gasteiger partial charge < -0.3 is 15.4 Å². The molecule has 2 atom stereocenters. The Kier molecular flexibility index (Phi) is 5.01. The normalized spacial score (nSPS) is 14.3. The van der Waals surface area contributed by atoms with E-state index in [1.54, 1.807) is 6.20 Å². The Bertz CT molecular complexity index is 500. The predicted octanol–water partition coefficient (Wildman–Crippen LogP) is 1.44. The molecule has 2 rings (SSSR count). The molecule has 5 heteroatoms. The van der Waals surface area contributed by atoms with E-state index in [1.165, 1.54) is 11.8 Å². The highest BCUT2D eigenvalue weighted by Gasteiger charge is 2.16. The number of rotatable bonds is 6. The largest absolute Gasteiger partial charge is 0.391 e. The highest BCUT2D eigenvalue weighted by atomic mass is 32.2. The Morgan fingerprint density at radius 2 is 2.11 bits per heavy atom. The first-order valence-corrected chi connectivity index (χ1v) is 7.23. The van der Waals surface area contributed by atoms with Gasteiger partial charge in [-0.1, -0.05) is 42.1 Å². The lowest BCUT2D eigenvalue weighted by molar-refractivity contribution is 0.167. The number of aromatic nitrogens is 2. The summed E-state index contributed by atoms with van der Waals surface area (Å²) in [7, 11) is 1.94. The number of thioether (sulfide) groups is 1. The number of aliphatic hydroxyl groups excluding tert-OH is 1. The van der Waals surface area contributed by atoms with E-state index >= 15 is 0 Å². The summed E-state index contributed by atoms with van der Waals surface area (Å²) in [6.45, 7) is 0. The van der Waals surface area contributed by atoms with Gasteiger partial charge in [-0.15, -0.1) is 0 Å². The molecule has 0 bridgehead atoms. The molecule has 1 heterocycles. The second-order valence-electron chi connectivity index (χ2n) is 4.55. The maximum Gasteiger partial charge on any atom is 0.167 e. The Hall–Kier alpha value is -1.30. The summed E-state index contributed by atoms with van der Waals surface area (Å²) in [5.41, 5.74) is 7.19. The van der Waals surface area contributed by atoms with Crippen LogP contribution in [0.25, 0.3) is 0 Å². The van der Waals surface area contributed by atoms with Gasteiger partial charge >= 0.3 is 0 Å². The van der Waals surface area contributed by atoms with Crippen molar-refractivity contribution in [2.75, 3.05) is 5.75 Å². The molecule has 0 saturated heterocycles. The van der Waals surface area contributed by atoms with Crippen molar-refractivity contribution in [2.45, 2.75) is 23.7 Å². The maximum absolute atomic E-state index is 10.1. The molecule has 1 aromatic heterocycles. The third kappa shape index (κ3) is 4.09. The Morgan fingerprint density at radius 3 is 2.74 bits per heavy atom. The predicted molar refractivity (Wildman–Crippen MR) is 78.1 cm³/mol. The molecular formula is C14H19N3OS. The molecule has 0 amide bonds. The van der Waals surface area contributed by atoms with Gasteiger partial charge in [-0.2, -0.15) is 0 Å². The average molecular weight is 277 g/mol. The third-order valence-electron chi connectivity index (χ3n) is 2.97. The lowest BCUT2D eigenvalue weighted by Crippen LogP contribution is -2.38. The second-order valence-corrected chi connectivity index (χ2v) is 5.54. The van der Waals surface area contributed by atoms with Crippen LogP contribution in [0, 0.1) is 0 Å². The Balaban J connectivity index is 1.82. The van der Waals surface area contributed by atoms with Gasteiger partial charge in [-0.25, -0.2) is 4.98 Å². The van der Waals surface area contributed by atoms with Crippen molar-refractivity contribution in [3.63, 3.8) is 0 Å². The molecule has 1 aromatic carbocycles. The molecule has 102 valence electrons. The third-order valence-corrected chi connectivity index (χ3v) is 4.13. The van der Waals surface area contributed by atoms with E-state index in [0.29, 0.717) is 12.2 Å². The highest BCUT2D eigenvalue weighted by Crippen LogP contribution is 2.17. The van der Waals surface area contributed by atoms with Crippen LogP contribution >= 0.6 is 11.8 Å². The molecule has 0 aliphatic rings. The molecule has 0 aliphatic heterocycles. The molecule has 2 aromatic rings. The van der Waals surface area contributed by atoms with Crippen LogP contribution in [-0.4, -0.2) is 32.6 Å². The first kappa shape index (κ1) is 14.1. The lowest BCUT2D eigenvalue weighted by Gasteiger charge is -2.18. The summed E-state index contributed by atoms with van der Waals surface area (Å²) >= 11 is 1.52. The van der Waals surface area contributed by atoms with Gasteiger partial charge in [-0.3, -0.25) is 0 Å². The van der Waals surface area contributed by atoms with Crippen LogP contribution in [0.2, 0.25) is 0 Å². The minimum Gasteiger partial charge on any atom is -0.391 e. The van der Waals surface area contributed by atoms with E-state index in [4.69, 9.17) is 5.73 Å². The summed E-state index contributed by atoms with van der Waals surface area (Å²) in [6, 6.07) is 9.74. The number of nitrogens with zero attached hydrogens (tertiary/aromatic N) is 2. The highest BCUT2D eigenvalue weighted by molar-refractivity contribution is 7.99. The zero-order chi connectivity index (χ0) is 13.7. The minimum atomic E-state index is -0.540. The van der Waals surface area contributed by atoms with E-state index in [1.807, 2.05) is 48.1 Å². The SMILES string of the molecule is Cn1ccnc1SCC(O)C(N)Cc1ccccc1. The van der Waals surface area contributed by atoms with Crippen LogP contribution in [-0.2, 0) is 13.5 Å². The standard InChI is InChI=1S/C14H19N3OS/c1-17-8-7-16-14(17)19-10-13(18)12(15)9-11-5-3-2-4-6-11/h2-8,12-13,18H,9-10,15H2,1H3. The summed E-state index contributed by atoms with van der Waals surface area (Å²) in [5, 5.41) is 11.0. The van der Waals surface area contributed by atoms with Gasteiger partial charge in [0.15, 0.2) is 5.16 Å². The number of hydrogen-bond acceptors (Lipinski definition) is 4.